The molecule has 0 spiro atoms. The molecule has 0 saturated heterocycles. The standard InChI is InChI=1S/C24H29N5OS/c1-5-24(3,4)29-23(25-26-27-29)22(19-12-10-18(2)11-13-19)28(16-20-8-6-14-30-20)17-21-9-7-15-31-21/h6-15,22H,5,16-17H2,1-4H3/t22-/m1/s1. The van der Waals surface area contributed by atoms with Gasteiger partial charge < -0.3 is 4.42 Å². The third-order valence-corrected chi connectivity index (χ3v) is 6.67. The zero-order valence-electron chi connectivity index (χ0n) is 18.5. The second-order valence-electron chi connectivity index (χ2n) is 8.49. The van der Waals surface area contributed by atoms with Crippen molar-refractivity contribution >= 4 is 11.3 Å². The molecule has 31 heavy (non-hydrogen) atoms. The summed E-state index contributed by atoms with van der Waals surface area (Å²) in [6.07, 6.45) is 2.65. The maximum Gasteiger partial charge on any atom is 0.173 e. The van der Waals surface area contributed by atoms with E-state index in [4.69, 9.17) is 4.42 Å². The Hall–Kier alpha value is -2.77. The zero-order valence-corrected chi connectivity index (χ0v) is 19.3. The predicted molar refractivity (Wildman–Crippen MR) is 123 cm³/mol. The average molecular weight is 436 g/mol. The topological polar surface area (TPSA) is 60.0 Å². The number of nitrogens with zero attached hydrogens (tertiary/aromatic N) is 5. The van der Waals surface area contributed by atoms with E-state index in [9.17, 15) is 0 Å². The summed E-state index contributed by atoms with van der Waals surface area (Å²) in [5.74, 6) is 1.77. The van der Waals surface area contributed by atoms with Gasteiger partial charge in [-0.15, -0.1) is 16.4 Å². The number of thiophene rings is 1. The van der Waals surface area contributed by atoms with E-state index in [1.807, 2.05) is 16.8 Å². The number of hydrogen-bond acceptors (Lipinski definition) is 6. The number of aryl methyl sites for hydroxylation is 1. The van der Waals surface area contributed by atoms with Gasteiger partial charge in [0.15, 0.2) is 5.82 Å². The molecular formula is C24H29N5OS. The van der Waals surface area contributed by atoms with Gasteiger partial charge in [-0.2, -0.15) is 0 Å². The van der Waals surface area contributed by atoms with Gasteiger partial charge in [0.2, 0.25) is 0 Å². The van der Waals surface area contributed by atoms with Crippen molar-refractivity contribution < 1.29 is 4.42 Å². The minimum atomic E-state index is -0.193. The van der Waals surface area contributed by atoms with Crippen LogP contribution < -0.4 is 0 Å². The number of benzene rings is 1. The molecule has 0 aliphatic carbocycles. The highest BCUT2D eigenvalue weighted by Gasteiger charge is 2.33. The molecule has 1 atom stereocenters. The lowest BCUT2D eigenvalue weighted by Gasteiger charge is -2.33. The Morgan fingerprint density at radius 1 is 1.10 bits per heavy atom. The summed E-state index contributed by atoms with van der Waals surface area (Å²) in [5.41, 5.74) is 2.20. The summed E-state index contributed by atoms with van der Waals surface area (Å²) in [6.45, 7) is 10.1. The van der Waals surface area contributed by atoms with Crippen LogP contribution in [0, 0.1) is 6.92 Å². The smallest absolute Gasteiger partial charge is 0.173 e. The van der Waals surface area contributed by atoms with Crippen LogP contribution in [-0.2, 0) is 18.6 Å². The van der Waals surface area contributed by atoms with Crippen LogP contribution in [0.25, 0.3) is 0 Å². The number of aromatic nitrogens is 4. The first-order chi connectivity index (χ1) is 15.0. The summed E-state index contributed by atoms with van der Waals surface area (Å²) >= 11 is 1.76. The van der Waals surface area contributed by atoms with E-state index in [0.717, 1.165) is 30.1 Å². The Balaban J connectivity index is 1.83. The van der Waals surface area contributed by atoms with Gasteiger partial charge in [-0.1, -0.05) is 42.8 Å². The Labute approximate surface area is 187 Å². The van der Waals surface area contributed by atoms with Crippen molar-refractivity contribution in [1.29, 1.82) is 0 Å². The van der Waals surface area contributed by atoms with E-state index in [0.29, 0.717) is 6.54 Å². The molecule has 0 N–H and O–H groups in total. The Morgan fingerprint density at radius 3 is 2.55 bits per heavy atom. The summed E-state index contributed by atoms with van der Waals surface area (Å²) < 4.78 is 7.71. The van der Waals surface area contributed by atoms with Crippen LogP contribution in [0.15, 0.2) is 64.6 Å². The Kier molecular flexibility index (Phi) is 6.34. The number of rotatable bonds is 9. The van der Waals surface area contributed by atoms with E-state index in [2.05, 4.69) is 89.9 Å². The van der Waals surface area contributed by atoms with Crippen LogP contribution in [0.2, 0.25) is 0 Å². The number of tetrazole rings is 1. The fourth-order valence-electron chi connectivity index (χ4n) is 3.66. The highest BCUT2D eigenvalue weighted by Crippen LogP contribution is 2.33. The average Bonchev–Trinajstić information content (AvgIpc) is 3.53. The lowest BCUT2D eigenvalue weighted by Crippen LogP contribution is -2.35. The molecule has 4 rings (SSSR count). The zero-order chi connectivity index (χ0) is 21.8. The van der Waals surface area contributed by atoms with Gasteiger partial charge in [-0.3, -0.25) is 4.90 Å². The minimum absolute atomic E-state index is 0.117. The van der Waals surface area contributed by atoms with Gasteiger partial charge in [0.05, 0.1) is 24.4 Å². The first kappa shape index (κ1) is 21.5. The van der Waals surface area contributed by atoms with Crippen LogP contribution >= 0.6 is 11.3 Å². The third kappa shape index (κ3) is 4.78. The van der Waals surface area contributed by atoms with E-state index >= 15 is 0 Å². The molecule has 0 bridgehead atoms. The largest absolute Gasteiger partial charge is 0.468 e. The van der Waals surface area contributed by atoms with E-state index < -0.39 is 0 Å². The van der Waals surface area contributed by atoms with Crippen LogP contribution in [0.5, 0.6) is 0 Å². The van der Waals surface area contributed by atoms with Crippen LogP contribution in [0.1, 0.15) is 60.8 Å². The van der Waals surface area contributed by atoms with Crippen molar-refractivity contribution in [2.24, 2.45) is 0 Å². The highest BCUT2D eigenvalue weighted by molar-refractivity contribution is 7.09. The minimum Gasteiger partial charge on any atom is -0.468 e. The van der Waals surface area contributed by atoms with Crippen LogP contribution in [0.3, 0.4) is 0 Å². The first-order valence-corrected chi connectivity index (χ1v) is 11.5. The van der Waals surface area contributed by atoms with Gasteiger partial charge >= 0.3 is 0 Å². The van der Waals surface area contributed by atoms with Crippen molar-refractivity contribution in [1.82, 2.24) is 25.1 Å². The fraction of sp³-hybridized carbons (Fsp3) is 0.375. The third-order valence-electron chi connectivity index (χ3n) is 5.81. The molecule has 0 fully saturated rings. The van der Waals surface area contributed by atoms with E-state index in [1.165, 1.54) is 10.4 Å². The molecule has 3 heterocycles. The molecular weight excluding hydrogens is 406 g/mol. The van der Waals surface area contributed by atoms with Crippen LogP contribution in [-0.4, -0.2) is 25.1 Å². The van der Waals surface area contributed by atoms with Crippen LogP contribution in [0.4, 0.5) is 0 Å². The molecule has 0 radical (unpaired) electrons. The van der Waals surface area contributed by atoms with Gasteiger partial charge in [-0.25, -0.2) is 4.68 Å². The lowest BCUT2D eigenvalue weighted by atomic mass is 9.98. The Bertz CT molecular complexity index is 1030. The number of furan rings is 1. The van der Waals surface area contributed by atoms with Crippen molar-refractivity contribution in [2.45, 2.75) is 58.8 Å². The monoisotopic (exact) mass is 435 g/mol. The lowest BCUT2D eigenvalue weighted by molar-refractivity contribution is 0.170. The molecule has 0 unspecified atom stereocenters. The molecule has 4 aromatic rings. The maximum absolute atomic E-state index is 5.73. The van der Waals surface area contributed by atoms with Crippen molar-refractivity contribution in [3.8, 4) is 0 Å². The second kappa shape index (κ2) is 9.16. The second-order valence-corrected chi connectivity index (χ2v) is 9.52. The number of hydrogen-bond donors (Lipinski definition) is 0. The summed E-state index contributed by atoms with van der Waals surface area (Å²) in [6, 6.07) is 16.8. The first-order valence-electron chi connectivity index (χ1n) is 10.6. The van der Waals surface area contributed by atoms with E-state index in [-0.39, 0.29) is 11.6 Å². The quantitative estimate of drug-likeness (QED) is 0.344. The molecule has 1 aromatic carbocycles. The Morgan fingerprint density at radius 2 is 1.90 bits per heavy atom. The highest BCUT2D eigenvalue weighted by atomic mass is 32.1. The van der Waals surface area contributed by atoms with Gasteiger partial charge in [0, 0.05) is 11.4 Å². The molecule has 0 amide bonds. The SMILES string of the molecule is CCC(C)(C)n1nnnc1[C@@H](c1ccc(C)cc1)N(Cc1ccco1)Cc1cccs1. The van der Waals surface area contributed by atoms with Crippen molar-refractivity contribution in [2.75, 3.05) is 0 Å². The molecule has 0 saturated carbocycles. The maximum atomic E-state index is 5.73. The van der Waals surface area contributed by atoms with Gasteiger partial charge in [0.1, 0.15) is 5.76 Å². The molecule has 0 aliphatic rings. The molecule has 0 aliphatic heterocycles. The van der Waals surface area contributed by atoms with Crippen molar-refractivity contribution in [3.05, 3.63) is 87.8 Å². The van der Waals surface area contributed by atoms with Gasteiger partial charge in [-0.05, 0) is 66.8 Å². The van der Waals surface area contributed by atoms with Gasteiger partial charge in [0.25, 0.3) is 0 Å². The fourth-order valence-corrected chi connectivity index (χ4v) is 4.39. The molecule has 7 heteroatoms. The summed E-state index contributed by atoms with van der Waals surface area (Å²) in [5, 5.41) is 15.2. The van der Waals surface area contributed by atoms with E-state index in [1.54, 1.807) is 17.6 Å². The summed E-state index contributed by atoms with van der Waals surface area (Å²) in [4.78, 5) is 3.68. The normalized spacial score (nSPS) is 13.1. The molecule has 162 valence electrons. The predicted octanol–water partition coefficient (Wildman–Crippen LogP) is 5.57. The molecule has 3 aromatic heterocycles. The summed E-state index contributed by atoms with van der Waals surface area (Å²) in [7, 11) is 0. The van der Waals surface area contributed by atoms with Crippen molar-refractivity contribution in [3.63, 3.8) is 0 Å². The molecule has 6 nitrogen and oxygen atoms in total.